The maximum absolute atomic E-state index is 11.7. The fraction of sp³-hybridized carbons (Fsp3) is 0.556. The number of fused-ring (bicyclic) bond motifs is 1. The first-order chi connectivity index (χ1) is 11.7. The maximum atomic E-state index is 11.7. The van der Waals surface area contributed by atoms with Crippen molar-refractivity contribution in [3.05, 3.63) is 29.3 Å². The van der Waals surface area contributed by atoms with Crippen molar-refractivity contribution in [3.63, 3.8) is 0 Å². The van der Waals surface area contributed by atoms with Crippen LogP contribution in [-0.4, -0.2) is 51.7 Å². The number of methoxy groups -OCH3 is 1. The second-order valence-electron chi connectivity index (χ2n) is 5.90. The molecule has 132 valence electrons. The van der Waals surface area contributed by atoms with Gasteiger partial charge in [-0.15, -0.1) is 0 Å². The van der Waals surface area contributed by atoms with Crippen molar-refractivity contribution in [1.82, 2.24) is 10.6 Å². The van der Waals surface area contributed by atoms with Crippen molar-refractivity contribution in [2.75, 3.05) is 44.8 Å². The number of rotatable bonds is 7. The molecule has 2 amide bonds. The Morgan fingerprint density at radius 2 is 1.96 bits per heavy atom. The highest BCUT2D eigenvalue weighted by molar-refractivity contribution is 6.35. The lowest BCUT2D eigenvalue weighted by Gasteiger charge is -2.30. The highest BCUT2D eigenvalue weighted by Gasteiger charge is 2.16. The molecule has 0 saturated heterocycles. The normalized spacial score (nSPS) is 13.3. The molecule has 1 heterocycles. The summed E-state index contributed by atoms with van der Waals surface area (Å²) >= 11 is 0. The molecule has 0 unspecified atom stereocenters. The Balaban J connectivity index is 1.80. The van der Waals surface area contributed by atoms with Gasteiger partial charge >= 0.3 is 11.8 Å². The van der Waals surface area contributed by atoms with Gasteiger partial charge in [0, 0.05) is 39.0 Å². The third-order valence-electron chi connectivity index (χ3n) is 4.24. The first-order valence-electron chi connectivity index (χ1n) is 8.57. The largest absolute Gasteiger partial charge is 0.383 e. The summed E-state index contributed by atoms with van der Waals surface area (Å²) in [6.45, 7) is 5.51. The molecule has 1 aromatic rings. The number of hydrogen-bond acceptors (Lipinski definition) is 4. The number of nitrogens with zero attached hydrogens (tertiary/aromatic N) is 1. The number of hydrogen-bond donors (Lipinski definition) is 2. The summed E-state index contributed by atoms with van der Waals surface area (Å²) in [4.78, 5) is 25.6. The molecule has 0 fully saturated rings. The highest BCUT2D eigenvalue weighted by atomic mass is 16.5. The van der Waals surface area contributed by atoms with E-state index in [1.807, 2.05) is 0 Å². The summed E-state index contributed by atoms with van der Waals surface area (Å²) in [5.74, 6) is -1.21. The van der Waals surface area contributed by atoms with Gasteiger partial charge < -0.3 is 20.3 Å². The van der Waals surface area contributed by atoms with E-state index in [0.29, 0.717) is 19.7 Å². The number of aryl methyl sites for hydroxylation is 1. The fourth-order valence-corrected chi connectivity index (χ4v) is 2.96. The molecule has 1 aliphatic rings. The third kappa shape index (κ3) is 4.96. The van der Waals surface area contributed by atoms with Crippen molar-refractivity contribution in [3.8, 4) is 0 Å². The molecule has 1 aliphatic heterocycles. The van der Waals surface area contributed by atoms with E-state index in [4.69, 9.17) is 4.74 Å². The Labute approximate surface area is 143 Å². The first kappa shape index (κ1) is 18.3. The van der Waals surface area contributed by atoms with Crippen LogP contribution in [0.15, 0.2) is 18.2 Å². The lowest BCUT2D eigenvalue weighted by atomic mass is 9.98. The summed E-state index contributed by atoms with van der Waals surface area (Å²) in [6.07, 6.45) is 3.01. The van der Waals surface area contributed by atoms with E-state index in [1.54, 1.807) is 7.11 Å². The SMILES string of the molecule is CCN1CCCc2cc(CCNC(=O)C(=O)NCCOC)ccc21. The van der Waals surface area contributed by atoms with Gasteiger partial charge in [-0.2, -0.15) is 0 Å². The van der Waals surface area contributed by atoms with Crippen molar-refractivity contribution >= 4 is 17.5 Å². The second-order valence-corrected chi connectivity index (χ2v) is 5.90. The Bertz CT molecular complexity index is 575. The molecule has 0 radical (unpaired) electrons. The zero-order chi connectivity index (χ0) is 17.4. The van der Waals surface area contributed by atoms with Gasteiger partial charge in [-0.05, 0) is 43.4 Å². The van der Waals surface area contributed by atoms with Crippen LogP contribution < -0.4 is 15.5 Å². The zero-order valence-electron chi connectivity index (χ0n) is 14.6. The van der Waals surface area contributed by atoms with Gasteiger partial charge in [-0.1, -0.05) is 12.1 Å². The monoisotopic (exact) mass is 333 g/mol. The highest BCUT2D eigenvalue weighted by Crippen LogP contribution is 2.27. The smallest absolute Gasteiger partial charge is 0.309 e. The molecule has 6 nitrogen and oxygen atoms in total. The van der Waals surface area contributed by atoms with E-state index in [-0.39, 0.29) is 0 Å². The molecule has 0 bridgehead atoms. The van der Waals surface area contributed by atoms with E-state index < -0.39 is 11.8 Å². The molecule has 24 heavy (non-hydrogen) atoms. The van der Waals surface area contributed by atoms with E-state index in [0.717, 1.165) is 25.9 Å². The number of ether oxygens (including phenoxy) is 1. The predicted octanol–water partition coefficient (Wildman–Crippen LogP) is 0.880. The predicted molar refractivity (Wildman–Crippen MR) is 94.2 cm³/mol. The van der Waals surface area contributed by atoms with E-state index in [9.17, 15) is 9.59 Å². The van der Waals surface area contributed by atoms with Crippen LogP contribution in [0, 0.1) is 0 Å². The standard InChI is InChI=1S/C18H27N3O3/c1-3-21-11-4-5-15-13-14(6-7-16(15)21)8-9-19-17(22)18(23)20-10-12-24-2/h6-7,13H,3-5,8-12H2,1-2H3,(H,19,22)(H,20,23). The molecular formula is C18H27N3O3. The van der Waals surface area contributed by atoms with Crippen LogP contribution in [0.25, 0.3) is 0 Å². The lowest BCUT2D eigenvalue weighted by Crippen LogP contribution is -2.41. The van der Waals surface area contributed by atoms with Gasteiger partial charge in [-0.25, -0.2) is 0 Å². The quantitative estimate of drug-likeness (QED) is 0.574. The second kappa shape index (κ2) is 9.27. The molecule has 0 aliphatic carbocycles. The Kier molecular flexibility index (Phi) is 7.06. The molecule has 0 saturated carbocycles. The minimum atomic E-state index is -0.615. The topological polar surface area (TPSA) is 70.7 Å². The molecular weight excluding hydrogens is 306 g/mol. The van der Waals surface area contributed by atoms with Crippen LogP contribution in [0.4, 0.5) is 5.69 Å². The summed E-state index contributed by atoms with van der Waals surface area (Å²) in [7, 11) is 1.55. The van der Waals surface area contributed by atoms with E-state index >= 15 is 0 Å². The fourth-order valence-electron chi connectivity index (χ4n) is 2.96. The number of amides is 2. The summed E-state index contributed by atoms with van der Waals surface area (Å²) < 4.78 is 4.82. The van der Waals surface area contributed by atoms with Crippen LogP contribution in [0.2, 0.25) is 0 Å². The van der Waals surface area contributed by atoms with Crippen LogP contribution in [0.1, 0.15) is 24.5 Å². The molecule has 2 rings (SSSR count). The maximum Gasteiger partial charge on any atom is 0.309 e. The number of carbonyl (C=O) groups excluding carboxylic acids is 2. The summed E-state index contributed by atoms with van der Waals surface area (Å²) in [6, 6.07) is 6.51. The van der Waals surface area contributed by atoms with Crippen molar-refractivity contribution in [2.45, 2.75) is 26.2 Å². The summed E-state index contributed by atoms with van der Waals surface area (Å²) in [5.41, 5.74) is 3.89. The molecule has 1 aromatic carbocycles. The molecule has 0 aromatic heterocycles. The minimum Gasteiger partial charge on any atom is -0.383 e. The van der Waals surface area contributed by atoms with Gasteiger partial charge in [-0.3, -0.25) is 9.59 Å². The van der Waals surface area contributed by atoms with E-state index in [1.165, 1.54) is 23.2 Å². The van der Waals surface area contributed by atoms with Gasteiger partial charge in [0.15, 0.2) is 0 Å². The molecule has 6 heteroatoms. The number of carbonyl (C=O) groups is 2. The van der Waals surface area contributed by atoms with Crippen LogP contribution >= 0.6 is 0 Å². The zero-order valence-corrected chi connectivity index (χ0v) is 14.6. The van der Waals surface area contributed by atoms with Crippen LogP contribution in [0.3, 0.4) is 0 Å². The van der Waals surface area contributed by atoms with Crippen molar-refractivity contribution in [1.29, 1.82) is 0 Å². The van der Waals surface area contributed by atoms with Crippen molar-refractivity contribution < 1.29 is 14.3 Å². The minimum absolute atomic E-state index is 0.335. The Morgan fingerprint density at radius 1 is 1.21 bits per heavy atom. The average Bonchev–Trinajstić information content (AvgIpc) is 2.60. The first-order valence-corrected chi connectivity index (χ1v) is 8.57. The Hall–Kier alpha value is -2.08. The van der Waals surface area contributed by atoms with E-state index in [2.05, 4.69) is 40.7 Å². The average molecular weight is 333 g/mol. The van der Waals surface area contributed by atoms with Crippen LogP contribution in [0.5, 0.6) is 0 Å². The van der Waals surface area contributed by atoms with Crippen molar-refractivity contribution in [2.24, 2.45) is 0 Å². The lowest BCUT2D eigenvalue weighted by molar-refractivity contribution is -0.139. The Morgan fingerprint density at radius 3 is 2.67 bits per heavy atom. The summed E-state index contributed by atoms with van der Waals surface area (Å²) in [5, 5.41) is 5.16. The number of anilines is 1. The molecule has 0 spiro atoms. The van der Waals surface area contributed by atoms with Crippen LogP contribution in [-0.2, 0) is 27.2 Å². The third-order valence-corrected chi connectivity index (χ3v) is 4.24. The van der Waals surface area contributed by atoms with Gasteiger partial charge in [0.05, 0.1) is 6.61 Å². The molecule has 0 atom stereocenters. The molecule has 2 N–H and O–H groups in total. The number of nitrogens with one attached hydrogen (secondary N) is 2. The van der Waals surface area contributed by atoms with Gasteiger partial charge in [0.25, 0.3) is 0 Å². The number of benzene rings is 1. The van der Waals surface area contributed by atoms with Gasteiger partial charge in [0.1, 0.15) is 0 Å². The van der Waals surface area contributed by atoms with Gasteiger partial charge in [0.2, 0.25) is 0 Å².